The van der Waals surface area contributed by atoms with E-state index >= 15 is 0 Å². The third kappa shape index (κ3) is 3.59. The third-order valence-corrected chi connectivity index (χ3v) is 2.19. The van der Waals surface area contributed by atoms with Crippen LogP contribution < -0.4 is 5.32 Å². The van der Waals surface area contributed by atoms with Crippen molar-refractivity contribution < 1.29 is 0 Å². The Labute approximate surface area is 79.9 Å². The number of nitrogens with zero attached hydrogens (tertiary/aromatic N) is 1. The Bertz CT molecular complexity index is 226. The molecule has 1 aromatic rings. The van der Waals surface area contributed by atoms with Crippen LogP contribution in [0.5, 0.6) is 0 Å². The zero-order valence-corrected chi connectivity index (χ0v) is 8.72. The monoisotopic (exact) mass is 181 g/mol. The molecule has 0 fully saturated rings. The number of rotatable bonds is 5. The molecule has 0 atom stereocenters. The van der Waals surface area contributed by atoms with Gasteiger partial charge >= 0.3 is 0 Å². The lowest BCUT2D eigenvalue weighted by Gasteiger charge is -2.25. The van der Waals surface area contributed by atoms with Crippen molar-refractivity contribution in [3.05, 3.63) is 18.0 Å². The maximum absolute atomic E-state index is 3.90. The van der Waals surface area contributed by atoms with Crippen LogP contribution in [0.1, 0.15) is 39.3 Å². The Kier molecular flexibility index (Phi) is 3.48. The fourth-order valence-electron chi connectivity index (χ4n) is 1.43. The summed E-state index contributed by atoms with van der Waals surface area (Å²) >= 11 is 0. The summed E-state index contributed by atoms with van der Waals surface area (Å²) in [5.74, 6) is 0. The van der Waals surface area contributed by atoms with Crippen molar-refractivity contribution in [2.75, 3.05) is 0 Å². The molecule has 13 heavy (non-hydrogen) atoms. The molecule has 0 amide bonds. The molecule has 0 radical (unpaired) electrons. The van der Waals surface area contributed by atoms with Gasteiger partial charge in [0.2, 0.25) is 0 Å². The van der Waals surface area contributed by atoms with Gasteiger partial charge in [0.25, 0.3) is 0 Å². The second kappa shape index (κ2) is 4.42. The summed E-state index contributed by atoms with van der Waals surface area (Å²) in [5.41, 5.74) is 1.36. The molecular formula is C10H19N3. The Morgan fingerprint density at radius 1 is 1.54 bits per heavy atom. The van der Waals surface area contributed by atoms with Crippen LogP contribution in [0.4, 0.5) is 0 Å². The van der Waals surface area contributed by atoms with E-state index in [1.54, 1.807) is 6.20 Å². The van der Waals surface area contributed by atoms with Crippen molar-refractivity contribution in [2.45, 2.75) is 45.7 Å². The topological polar surface area (TPSA) is 40.7 Å². The van der Waals surface area contributed by atoms with Gasteiger partial charge in [-0.15, -0.1) is 0 Å². The van der Waals surface area contributed by atoms with Crippen molar-refractivity contribution >= 4 is 0 Å². The summed E-state index contributed by atoms with van der Waals surface area (Å²) in [6.07, 6.45) is 4.19. The highest BCUT2D eigenvalue weighted by Crippen LogP contribution is 2.11. The molecule has 0 unspecified atom stereocenters. The van der Waals surface area contributed by atoms with Crippen LogP contribution in [0.3, 0.4) is 0 Å². The van der Waals surface area contributed by atoms with E-state index in [4.69, 9.17) is 0 Å². The summed E-state index contributed by atoms with van der Waals surface area (Å²) in [6, 6.07) is 2.00. The molecule has 0 aliphatic rings. The van der Waals surface area contributed by atoms with Crippen LogP contribution in [-0.4, -0.2) is 15.7 Å². The van der Waals surface area contributed by atoms with E-state index in [1.807, 2.05) is 6.07 Å². The van der Waals surface area contributed by atoms with E-state index < -0.39 is 0 Å². The molecule has 1 rings (SSSR count). The molecular weight excluding hydrogens is 162 g/mol. The molecule has 74 valence electrons. The van der Waals surface area contributed by atoms with Crippen molar-refractivity contribution in [2.24, 2.45) is 0 Å². The van der Waals surface area contributed by atoms with Crippen LogP contribution in [-0.2, 0) is 6.54 Å². The predicted octanol–water partition coefficient (Wildman–Crippen LogP) is 2.08. The summed E-state index contributed by atoms with van der Waals surface area (Å²) in [7, 11) is 0. The van der Waals surface area contributed by atoms with Crippen molar-refractivity contribution in [3.63, 3.8) is 0 Å². The number of H-pyrrole nitrogens is 1. The van der Waals surface area contributed by atoms with E-state index in [-0.39, 0.29) is 5.54 Å². The highest BCUT2D eigenvalue weighted by Gasteiger charge is 2.14. The second-order valence-electron chi connectivity index (χ2n) is 4.07. The van der Waals surface area contributed by atoms with Gasteiger partial charge in [-0.2, -0.15) is 5.10 Å². The molecule has 2 N–H and O–H groups in total. The van der Waals surface area contributed by atoms with Crippen molar-refractivity contribution in [1.82, 2.24) is 15.5 Å². The summed E-state index contributed by atoms with van der Waals surface area (Å²) in [4.78, 5) is 0. The highest BCUT2D eigenvalue weighted by atomic mass is 15.1. The van der Waals surface area contributed by atoms with Gasteiger partial charge in [-0.3, -0.25) is 5.10 Å². The lowest BCUT2D eigenvalue weighted by molar-refractivity contribution is 0.355. The number of aromatic nitrogens is 2. The van der Waals surface area contributed by atoms with Gasteiger partial charge in [0.15, 0.2) is 0 Å². The largest absolute Gasteiger partial charge is 0.306 e. The van der Waals surface area contributed by atoms with Gasteiger partial charge in [0.1, 0.15) is 0 Å². The predicted molar refractivity (Wildman–Crippen MR) is 54.4 cm³/mol. The third-order valence-electron chi connectivity index (χ3n) is 2.19. The maximum atomic E-state index is 3.90. The Morgan fingerprint density at radius 2 is 2.31 bits per heavy atom. The number of hydrogen-bond donors (Lipinski definition) is 2. The summed E-state index contributed by atoms with van der Waals surface area (Å²) in [5, 5.41) is 10.3. The molecule has 0 spiro atoms. The molecule has 0 aromatic carbocycles. The Hall–Kier alpha value is -0.830. The minimum Gasteiger partial charge on any atom is -0.306 e. The van der Waals surface area contributed by atoms with Gasteiger partial charge in [-0.25, -0.2) is 0 Å². The molecule has 0 saturated carbocycles. The van der Waals surface area contributed by atoms with Gasteiger partial charge < -0.3 is 5.32 Å². The molecule has 0 aliphatic heterocycles. The lowest BCUT2D eigenvalue weighted by Crippen LogP contribution is -2.38. The van der Waals surface area contributed by atoms with Gasteiger partial charge in [0, 0.05) is 24.0 Å². The van der Waals surface area contributed by atoms with Gasteiger partial charge in [-0.05, 0) is 26.3 Å². The Balaban J connectivity index is 2.33. The second-order valence-corrected chi connectivity index (χ2v) is 4.07. The first-order chi connectivity index (χ1) is 6.14. The lowest BCUT2D eigenvalue weighted by atomic mass is 9.99. The molecule has 3 heteroatoms. The normalized spacial score (nSPS) is 11.9. The average molecular weight is 181 g/mol. The quantitative estimate of drug-likeness (QED) is 0.730. The van der Waals surface area contributed by atoms with Crippen molar-refractivity contribution in [1.29, 1.82) is 0 Å². The SMILES string of the molecule is CCCC(C)(C)NCc1ccn[nH]1. The van der Waals surface area contributed by atoms with E-state index in [1.165, 1.54) is 12.8 Å². The standard InChI is InChI=1S/C10H19N3/c1-4-6-10(2,3)11-8-9-5-7-12-13-9/h5,7,11H,4,6,8H2,1-3H3,(H,12,13). The van der Waals surface area contributed by atoms with Gasteiger partial charge in [0.05, 0.1) is 0 Å². The number of nitrogens with one attached hydrogen (secondary N) is 2. The van der Waals surface area contributed by atoms with Crippen LogP contribution in [0.15, 0.2) is 12.3 Å². The molecule has 0 bridgehead atoms. The molecule has 0 saturated heterocycles. The fourth-order valence-corrected chi connectivity index (χ4v) is 1.43. The van der Waals surface area contributed by atoms with Crippen LogP contribution in [0, 0.1) is 0 Å². The maximum Gasteiger partial charge on any atom is 0.0490 e. The van der Waals surface area contributed by atoms with E-state index in [2.05, 4.69) is 36.3 Å². The number of hydrogen-bond acceptors (Lipinski definition) is 2. The molecule has 0 aliphatic carbocycles. The van der Waals surface area contributed by atoms with E-state index in [9.17, 15) is 0 Å². The Morgan fingerprint density at radius 3 is 2.85 bits per heavy atom. The molecule has 3 nitrogen and oxygen atoms in total. The summed E-state index contributed by atoms with van der Waals surface area (Å²) < 4.78 is 0. The van der Waals surface area contributed by atoms with Crippen LogP contribution in [0.2, 0.25) is 0 Å². The first kappa shape index (κ1) is 10.3. The molecule has 1 aromatic heterocycles. The first-order valence-corrected chi connectivity index (χ1v) is 4.87. The van der Waals surface area contributed by atoms with Gasteiger partial charge in [-0.1, -0.05) is 13.3 Å². The minimum absolute atomic E-state index is 0.222. The van der Waals surface area contributed by atoms with E-state index in [0.717, 1.165) is 12.2 Å². The fraction of sp³-hybridized carbons (Fsp3) is 0.700. The van der Waals surface area contributed by atoms with Crippen LogP contribution >= 0.6 is 0 Å². The average Bonchev–Trinajstić information content (AvgIpc) is 2.52. The zero-order valence-electron chi connectivity index (χ0n) is 8.72. The smallest absolute Gasteiger partial charge is 0.0490 e. The zero-order chi connectivity index (χ0) is 9.73. The van der Waals surface area contributed by atoms with Crippen molar-refractivity contribution in [3.8, 4) is 0 Å². The van der Waals surface area contributed by atoms with E-state index in [0.29, 0.717) is 0 Å². The van der Waals surface area contributed by atoms with Crippen LogP contribution in [0.25, 0.3) is 0 Å². The highest BCUT2D eigenvalue weighted by molar-refractivity contribution is 4.97. The minimum atomic E-state index is 0.222. The first-order valence-electron chi connectivity index (χ1n) is 4.87. The molecule has 1 heterocycles. The number of aromatic amines is 1. The summed E-state index contributed by atoms with van der Waals surface area (Å²) in [6.45, 7) is 7.53.